The summed E-state index contributed by atoms with van der Waals surface area (Å²) in [6.07, 6.45) is 1.05. The molecule has 0 aromatic heterocycles. The van der Waals surface area contributed by atoms with Gasteiger partial charge in [-0.2, -0.15) is 0 Å². The molecule has 23 heavy (non-hydrogen) atoms. The van der Waals surface area contributed by atoms with Crippen LogP contribution in [0.4, 0.5) is 0 Å². The van der Waals surface area contributed by atoms with Gasteiger partial charge in [0.25, 0.3) is 0 Å². The number of amides is 2. The van der Waals surface area contributed by atoms with Crippen LogP contribution in [0.15, 0.2) is 42.5 Å². The maximum absolute atomic E-state index is 12.0. The van der Waals surface area contributed by atoms with Crippen molar-refractivity contribution in [2.45, 2.75) is 32.7 Å². The highest BCUT2D eigenvalue weighted by atomic mass is 16.2. The van der Waals surface area contributed by atoms with E-state index in [0.717, 1.165) is 5.56 Å². The summed E-state index contributed by atoms with van der Waals surface area (Å²) in [5.74, 6) is -0.157. The van der Waals surface area contributed by atoms with Gasteiger partial charge in [0.15, 0.2) is 0 Å². The average molecular weight is 312 g/mol. The van der Waals surface area contributed by atoms with Gasteiger partial charge in [0.05, 0.1) is 0 Å². The van der Waals surface area contributed by atoms with Crippen LogP contribution in [0.3, 0.4) is 0 Å². The molecule has 2 aromatic carbocycles. The first kappa shape index (κ1) is 17.0. The van der Waals surface area contributed by atoms with Gasteiger partial charge in [0.1, 0.15) is 6.04 Å². The van der Waals surface area contributed by atoms with Gasteiger partial charge >= 0.3 is 0 Å². The minimum Gasteiger partial charge on any atom is -0.345 e. The normalized spacial score (nSPS) is 12.0. The van der Waals surface area contributed by atoms with Crippen molar-refractivity contribution in [2.75, 3.05) is 13.6 Å². The molecule has 0 fully saturated rings. The highest BCUT2D eigenvalue weighted by Gasteiger charge is 2.18. The number of carbonyl (C=O) groups excluding carboxylic acids is 2. The molecule has 0 unspecified atom stereocenters. The summed E-state index contributed by atoms with van der Waals surface area (Å²) in [7, 11) is 1.74. The zero-order valence-electron chi connectivity index (χ0n) is 14.0. The van der Waals surface area contributed by atoms with Crippen molar-refractivity contribution in [3.05, 3.63) is 48.0 Å². The van der Waals surface area contributed by atoms with E-state index < -0.39 is 6.04 Å². The number of aryl methyl sites for hydroxylation is 1. The number of likely N-dealkylation sites (N-methyl/N-ethyl adjacent to an activating group) is 1. The second-order valence-electron chi connectivity index (χ2n) is 5.82. The van der Waals surface area contributed by atoms with Crippen LogP contribution in [0, 0.1) is 0 Å². The molecule has 1 atom stereocenters. The molecule has 4 heteroatoms. The number of rotatable bonds is 6. The minimum absolute atomic E-state index is 0.0634. The van der Waals surface area contributed by atoms with Crippen LogP contribution < -0.4 is 5.32 Å². The molecule has 122 valence electrons. The molecule has 0 saturated heterocycles. The van der Waals surface area contributed by atoms with E-state index in [-0.39, 0.29) is 11.8 Å². The van der Waals surface area contributed by atoms with E-state index in [1.165, 1.54) is 10.8 Å². The van der Waals surface area contributed by atoms with Gasteiger partial charge in [-0.15, -0.1) is 0 Å². The third-order valence-corrected chi connectivity index (χ3v) is 4.05. The summed E-state index contributed by atoms with van der Waals surface area (Å²) in [6.45, 7) is 4.27. The van der Waals surface area contributed by atoms with Gasteiger partial charge in [-0.25, -0.2) is 0 Å². The maximum atomic E-state index is 12.0. The Labute approximate surface area is 137 Å². The second kappa shape index (κ2) is 7.77. The molecule has 0 aliphatic carbocycles. The van der Waals surface area contributed by atoms with Crippen LogP contribution in [0.1, 0.15) is 25.8 Å². The lowest BCUT2D eigenvalue weighted by molar-refractivity contribution is -0.134. The van der Waals surface area contributed by atoms with Crippen molar-refractivity contribution in [2.24, 2.45) is 0 Å². The molecule has 2 amide bonds. The molecular weight excluding hydrogens is 288 g/mol. The molecule has 0 heterocycles. The lowest BCUT2D eigenvalue weighted by atomic mass is 10.0. The summed E-state index contributed by atoms with van der Waals surface area (Å²) in [4.78, 5) is 25.6. The predicted octanol–water partition coefficient (Wildman–Crippen LogP) is 2.76. The van der Waals surface area contributed by atoms with E-state index in [1.54, 1.807) is 18.9 Å². The number of nitrogens with one attached hydrogen (secondary N) is 1. The Bertz CT molecular complexity index is 697. The molecule has 0 saturated carbocycles. The number of benzene rings is 2. The molecule has 0 spiro atoms. The van der Waals surface area contributed by atoms with Crippen molar-refractivity contribution in [3.8, 4) is 0 Å². The van der Waals surface area contributed by atoms with E-state index in [9.17, 15) is 9.59 Å². The number of hydrogen-bond donors (Lipinski definition) is 1. The Morgan fingerprint density at radius 2 is 1.83 bits per heavy atom. The fraction of sp³-hybridized carbons (Fsp3) is 0.368. The molecular formula is C19H24N2O2. The first-order valence-corrected chi connectivity index (χ1v) is 8.03. The van der Waals surface area contributed by atoms with Gasteiger partial charge in [-0.1, -0.05) is 42.5 Å². The van der Waals surface area contributed by atoms with Crippen molar-refractivity contribution in [1.29, 1.82) is 0 Å². The lowest BCUT2D eigenvalue weighted by Gasteiger charge is -2.20. The monoisotopic (exact) mass is 312 g/mol. The summed E-state index contributed by atoms with van der Waals surface area (Å²) < 4.78 is 0. The zero-order valence-corrected chi connectivity index (χ0v) is 14.0. The molecule has 0 aliphatic rings. The fourth-order valence-corrected chi connectivity index (χ4v) is 2.51. The molecule has 4 nitrogen and oxygen atoms in total. The van der Waals surface area contributed by atoms with E-state index in [4.69, 9.17) is 0 Å². The summed E-state index contributed by atoms with van der Waals surface area (Å²) in [6, 6.07) is 13.9. The molecule has 2 aromatic rings. The Morgan fingerprint density at radius 1 is 1.13 bits per heavy atom. The van der Waals surface area contributed by atoms with Crippen molar-refractivity contribution in [3.63, 3.8) is 0 Å². The van der Waals surface area contributed by atoms with E-state index >= 15 is 0 Å². The minimum atomic E-state index is -0.482. The third-order valence-electron chi connectivity index (χ3n) is 4.05. The van der Waals surface area contributed by atoms with Crippen LogP contribution in [-0.4, -0.2) is 36.3 Å². The Kier molecular flexibility index (Phi) is 5.74. The fourth-order valence-electron chi connectivity index (χ4n) is 2.51. The van der Waals surface area contributed by atoms with E-state index in [0.29, 0.717) is 19.4 Å². The van der Waals surface area contributed by atoms with Crippen molar-refractivity contribution in [1.82, 2.24) is 10.2 Å². The third kappa shape index (κ3) is 4.55. The van der Waals surface area contributed by atoms with Gasteiger partial charge in [0, 0.05) is 20.0 Å². The van der Waals surface area contributed by atoms with Crippen molar-refractivity contribution < 1.29 is 9.59 Å². The zero-order chi connectivity index (χ0) is 16.8. The molecule has 0 radical (unpaired) electrons. The molecule has 1 N–H and O–H groups in total. The molecule has 0 bridgehead atoms. The summed E-state index contributed by atoms with van der Waals surface area (Å²) in [5.41, 5.74) is 1.13. The van der Waals surface area contributed by atoms with Crippen LogP contribution in [-0.2, 0) is 16.0 Å². The van der Waals surface area contributed by atoms with Crippen LogP contribution in [0.2, 0.25) is 0 Å². The topological polar surface area (TPSA) is 49.4 Å². The number of hydrogen-bond acceptors (Lipinski definition) is 2. The second-order valence-corrected chi connectivity index (χ2v) is 5.82. The first-order valence-electron chi connectivity index (χ1n) is 8.03. The quantitative estimate of drug-likeness (QED) is 0.891. The van der Waals surface area contributed by atoms with Gasteiger partial charge in [0.2, 0.25) is 11.8 Å². The highest BCUT2D eigenvalue weighted by molar-refractivity contribution is 5.87. The standard InChI is InChI=1S/C19H24N2O2/c1-4-21(3)19(23)14(2)20-18(22)12-10-15-9-11-16-7-5-6-8-17(16)13-15/h5-9,11,13-14H,4,10,12H2,1-3H3,(H,20,22)/t14-/m1/s1. The van der Waals surface area contributed by atoms with Crippen molar-refractivity contribution >= 4 is 22.6 Å². The summed E-state index contributed by atoms with van der Waals surface area (Å²) >= 11 is 0. The predicted molar refractivity (Wildman–Crippen MR) is 93.2 cm³/mol. The summed E-state index contributed by atoms with van der Waals surface area (Å²) in [5, 5.41) is 5.15. The first-order chi connectivity index (χ1) is 11.0. The van der Waals surface area contributed by atoms with Gasteiger partial charge in [-0.3, -0.25) is 9.59 Å². The van der Waals surface area contributed by atoms with Gasteiger partial charge < -0.3 is 10.2 Å². The Balaban J connectivity index is 1.89. The van der Waals surface area contributed by atoms with Crippen LogP contribution in [0.25, 0.3) is 10.8 Å². The average Bonchev–Trinajstić information content (AvgIpc) is 2.58. The highest BCUT2D eigenvalue weighted by Crippen LogP contribution is 2.16. The van der Waals surface area contributed by atoms with Gasteiger partial charge in [-0.05, 0) is 36.6 Å². The van der Waals surface area contributed by atoms with Crippen LogP contribution in [0.5, 0.6) is 0 Å². The molecule has 0 aliphatic heterocycles. The largest absolute Gasteiger partial charge is 0.345 e. The Morgan fingerprint density at radius 3 is 2.52 bits per heavy atom. The Hall–Kier alpha value is -2.36. The molecule has 2 rings (SSSR count). The van der Waals surface area contributed by atoms with Crippen LogP contribution >= 0.6 is 0 Å². The van der Waals surface area contributed by atoms with E-state index in [2.05, 4.69) is 35.6 Å². The lowest BCUT2D eigenvalue weighted by Crippen LogP contribution is -2.45. The number of nitrogens with zero attached hydrogens (tertiary/aromatic N) is 1. The number of fused-ring (bicyclic) bond motifs is 1. The maximum Gasteiger partial charge on any atom is 0.244 e. The van der Waals surface area contributed by atoms with E-state index in [1.807, 2.05) is 19.1 Å². The smallest absolute Gasteiger partial charge is 0.244 e. The number of carbonyl (C=O) groups is 2. The SMILES string of the molecule is CCN(C)C(=O)[C@@H](C)NC(=O)CCc1ccc2ccccc2c1.